The molecule has 2 aromatic carbocycles. The van der Waals surface area contributed by atoms with Gasteiger partial charge in [0.15, 0.2) is 0 Å². The molecule has 2 heterocycles. The van der Waals surface area contributed by atoms with Gasteiger partial charge in [-0.25, -0.2) is 14.6 Å². The van der Waals surface area contributed by atoms with Crippen molar-refractivity contribution in [3.63, 3.8) is 0 Å². The monoisotopic (exact) mass is 882 g/mol. The number of nitrogens with zero attached hydrogens (tertiary/aromatic N) is 1. The van der Waals surface area contributed by atoms with Gasteiger partial charge in [0, 0.05) is 16.8 Å². The molecule has 2 aliphatic carbocycles. The van der Waals surface area contributed by atoms with E-state index in [1.807, 2.05) is 27.7 Å². The molecule has 3 aromatic rings. The number of hydrogen-bond donors (Lipinski definition) is 3. The summed E-state index contributed by atoms with van der Waals surface area (Å²) >= 11 is 0. The van der Waals surface area contributed by atoms with E-state index < -0.39 is 59.4 Å². The van der Waals surface area contributed by atoms with Gasteiger partial charge in [0.2, 0.25) is 0 Å². The second kappa shape index (κ2) is 18.2. The number of hydrogen-bond acceptors (Lipinski definition) is 7. The number of nitrogens with one attached hydrogen (secondary N) is 3. The van der Waals surface area contributed by atoms with Crippen LogP contribution in [0.3, 0.4) is 0 Å². The number of amides is 2. The van der Waals surface area contributed by atoms with Crippen LogP contribution in [0.4, 0.5) is 32.2 Å². The van der Waals surface area contributed by atoms with E-state index in [-0.39, 0.29) is 80.1 Å². The van der Waals surface area contributed by atoms with Crippen molar-refractivity contribution in [1.29, 1.82) is 0 Å². The van der Waals surface area contributed by atoms with E-state index in [0.29, 0.717) is 24.0 Å². The Morgan fingerprint density at radius 3 is 1.59 bits per heavy atom. The quantitative estimate of drug-likeness (QED) is 0.152. The number of carbonyl (C=O) groups excluding carboxylic acids is 4. The zero-order valence-electron chi connectivity index (χ0n) is 36.3. The number of rotatable bonds is 8. The SMILES string of the molecule is CC1=C(C(=O)OC2C(C)CC(C)CC2C)C(NC(=O)c2cccc(C(F)(F)F)c2)=N/C1=C\c1[nH]c(NC(=O)c2cccc(C(F)(F)F)c2)c(C(=O)OC2C(C)CC(C)CC2C)c1C. The van der Waals surface area contributed by atoms with E-state index >= 15 is 0 Å². The van der Waals surface area contributed by atoms with Gasteiger partial charge < -0.3 is 25.1 Å². The maximum atomic E-state index is 14.2. The van der Waals surface area contributed by atoms with E-state index in [2.05, 4.69) is 34.5 Å². The van der Waals surface area contributed by atoms with E-state index in [4.69, 9.17) is 9.47 Å². The molecule has 3 aliphatic rings. The van der Waals surface area contributed by atoms with Gasteiger partial charge in [-0.1, -0.05) is 53.7 Å². The third-order valence-corrected chi connectivity index (χ3v) is 12.4. The lowest BCUT2D eigenvalue weighted by Gasteiger charge is -2.37. The van der Waals surface area contributed by atoms with Crippen LogP contribution < -0.4 is 10.6 Å². The van der Waals surface area contributed by atoms with Crippen molar-refractivity contribution in [2.24, 2.45) is 40.5 Å². The number of H-pyrrole nitrogens is 1. The maximum absolute atomic E-state index is 14.2. The fourth-order valence-electron chi connectivity index (χ4n) is 9.55. The number of aliphatic imine (C=N–C) groups is 1. The second-order valence-corrected chi connectivity index (χ2v) is 17.8. The number of aromatic amines is 1. The summed E-state index contributed by atoms with van der Waals surface area (Å²) in [6, 6.07) is 7.56. The Morgan fingerprint density at radius 1 is 0.683 bits per heavy atom. The lowest BCUT2D eigenvalue weighted by Crippen LogP contribution is -2.40. The molecule has 338 valence electrons. The number of allylic oxidation sites excluding steroid dienone is 1. The van der Waals surface area contributed by atoms with Crippen LogP contribution >= 0.6 is 0 Å². The highest BCUT2D eigenvalue weighted by Crippen LogP contribution is 2.39. The van der Waals surface area contributed by atoms with Crippen LogP contribution in [0.5, 0.6) is 0 Å². The van der Waals surface area contributed by atoms with Crippen LogP contribution in [-0.4, -0.2) is 46.8 Å². The molecule has 63 heavy (non-hydrogen) atoms. The first-order chi connectivity index (χ1) is 29.4. The third kappa shape index (κ3) is 10.4. The minimum atomic E-state index is -4.73. The average molecular weight is 883 g/mol. The standard InChI is InChI=1S/C47H52F6N4O6/c1-22-15-24(3)38(25(4)16-22)62-44(60)36-28(7)34(54-40(36)56-42(58)30-11-9-13-32(19-30)46(48,49)50)21-35-29(8)37(45(61)63-39-26(5)17-23(2)18-27(39)6)41(55-35)57-43(59)31-12-10-14-33(20-31)47(51,52)53/h9-14,19-27,38-39,54H,15-18H2,1-8H3,(H,56,58)(H,55,57,59)/b35-21-. The predicted molar refractivity (Wildman–Crippen MR) is 224 cm³/mol. The fraction of sp³-hybridized carbons (Fsp3) is 0.468. The van der Waals surface area contributed by atoms with Crippen molar-refractivity contribution in [2.45, 2.75) is 106 Å². The van der Waals surface area contributed by atoms with Crippen molar-refractivity contribution < 1.29 is 55.0 Å². The van der Waals surface area contributed by atoms with Gasteiger partial charge in [0.25, 0.3) is 11.8 Å². The maximum Gasteiger partial charge on any atom is 0.416 e. The van der Waals surface area contributed by atoms with Crippen LogP contribution in [0, 0.1) is 42.4 Å². The summed E-state index contributed by atoms with van der Waals surface area (Å²) in [5, 5.41) is 5.06. The minimum Gasteiger partial charge on any atom is -0.458 e. The zero-order valence-corrected chi connectivity index (χ0v) is 36.3. The van der Waals surface area contributed by atoms with E-state index in [1.54, 1.807) is 13.8 Å². The number of carbonyl (C=O) groups is 4. The second-order valence-electron chi connectivity index (χ2n) is 17.8. The Labute approximate surface area is 362 Å². The summed E-state index contributed by atoms with van der Waals surface area (Å²) < 4.78 is 93.8. The minimum absolute atomic E-state index is 0.00240. The van der Waals surface area contributed by atoms with Crippen molar-refractivity contribution in [2.75, 3.05) is 5.32 Å². The molecule has 4 unspecified atom stereocenters. The topological polar surface area (TPSA) is 139 Å². The van der Waals surface area contributed by atoms with Crippen molar-refractivity contribution in [3.8, 4) is 0 Å². The molecule has 1 aliphatic heterocycles. The molecule has 3 N–H and O–H groups in total. The third-order valence-electron chi connectivity index (χ3n) is 12.4. The molecule has 0 saturated heterocycles. The highest BCUT2D eigenvalue weighted by atomic mass is 19.4. The average Bonchev–Trinajstić information content (AvgIpc) is 3.66. The Balaban J connectivity index is 1.42. The summed E-state index contributed by atoms with van der Waals surface area (Å²) in [7, 11) is 0. The predicted octanol–water partition coefficient (Wildman–Crippen LogP) is 11.0. The molecular weight excluding hydrogens is 831 g/mol. The van der Waals surface area contributed by atoms with E-state index in [1.165, 1.54) is 18.2 Å². The van der Waals surface area contributed by atoms with Crippen molar-refractivity contribution >= 4 is 41.5 Å². The van der Waals surface area contributed by atoms with E-state index in [9.17, 15) is 45.5 Å². The number of halogens is 6. The largest absolute Gasteiger partial charge is 0.458 e. The van der Waals surface area contributed by atoms with Gasteiger partial charge in [0.1, 0.15) is 35.0 Å². The number of alkyl halides is 6. The van der Waals surface area contributed by atoms with E-state index in [0.717, 1.165) is 49.9 Å². The molecule has 6 rings (SSSR count). The first-order valence-electron chi connectivity index (χ1n) is 21.1. The molecule has 2 fully saturated rings. The van der Waals surface area contributed by atoms with Crippen LogP contribution in [-0.2, 0) is 26.6 Å². The number of esters is 2. The Kier molecular flexibility index (Phi) is 13.5. The number of benzene rings is 2. The molecular formula is C47H52F6N4O6. The number of ether oxygens (including phenoxy) is 2. The van der Waals surface area contributed by atoms with Crippen LogP contribution in [0.15, 0.2) is 70.4 Å². The number of amidine groups is 1. The highest BCUT2D eigenvalue weighted by Gasteiger charge is 2.39. The molecule has 16 heteroatoms. The van der Waals surface area contributed by atoms with Crippen molar-refractivity contribution in [3.05, 3.63) is 104 Å². The van der Waals surface area contributed by atoms with Crippen LogP contribution in [0.2, 0.25) is 0 Å². The van der Waals surface area contributed by atoms with Gasteiger partial charge in [-0.15, -0.1) is 0 Å². The lowest BCUT2D eigenvalue weighted by atomic mass is 9.75. The zero-order chi connectivity index (χ0) is 46.3. The van der Waals surface area contributed by atoms with Gasteiger partial charge >= 0.3 is 24.3 Å². The van der Waals surface area contributed by atoms with Gasteiger partial charge in [-0.3, -0.25) is 9.59 Å². The number of aromatic nitrogens is 1. The number of anilines is 1. The summed E-state index contributed by atoms with van der Waals surface area (Å²) in [4.78, 5) is 62.9. The van der Waals surface area contributed by atoms with Gasteiger partial charge in [-0.05, 0) is 129 Å². The Morgan fingerprint density at radius 2 is 1.13 bits per heavy atom. The molecule has 0 bridgehead atoms. The fourth-order valence-corrected chi connectivity index (χ4v) is 9.55. The first-order valence-corrected chi connectivity index (χ1v) is 21.1. The Hall–Kier alpha value is -5.67. The summed E-state index contributed by atoms with van der Waals surface area (Å²) in [6.45, 7) is 15.3. The summed E-state index contributed by atoms with van der Waals surface area (Å²) in [6.07, 6.45) is -5.75. The van der Waals surface area contributed by atoms with Crippen LogP contribution in [0.25, 0.3) is 6.08 Å². The normalized spacial score (nSPS) is 26.0. The molecule has 2 saturated carbocycles. The lowest BCUT2D eigenvalue weighted by molar-refractivity contribution is -0.152. The smallest absolute Gasteiger partial charge is 0.416 e. The molecule has 10 nitrogen and oxygen atoms in total. The Bertz CT molecular complexity index is 2350. The summed E-state index contributed by atoms with van der Waals surface area (Å²) in [5.74, 6) is -3.19. The molecule has 1 aromatic heterocycles. The highest BCUT2D eigenvalue weighted by molar-refractivity contribution is 6.26. The van der Waals surface area contributed by atoms with Gasteiger partial charge in [-0.2, -0.15) is 26.3 Å². The molecule has 4 atom stereocenters. The summed E-state index contributed by atoms with van der Waals surface area (Å²) in [5.41, 5.74) is -2.29. The van der Waals surface area contributed by atoms with Crippen molar-refractivity contribution in [1.82, 2.24) is 10.3 Å². The molecule has 0 radical (unpaired) electrons. The molecule has 2 amide bonds. The van der Waals surface area contributed by atoms with Gasteiger partial charge in [0.05, 0.1) is 16.8 Å². The molecule has 0 spiro atoms. The van der Waals surface area contributed by atoms with Crippen LogP contribution in [0.1, 0.15) is 128 Å². The first kappa shape index (κ1) is 46.8.